The fourth-order valence-corrected chi connectivity index (χ4v) is 7.48. The van der Waals surface area contributed by atoms with E-state index in [4.69, 9.17) is 16.3 Å². The smallest absolute Gasteiger partial charge is 0.273 e. The van der Waals surface area contributed by atoms with E-state index in [0.717, 1.165) is 46.9 Å². The molecular formula is C32H36BrClN4O7S. The van der Waals surface area contributed by atoms with Gasteiger partial charge in [0.2, 0.25) is 11.8 Å². The van der Waals surface area contributed by atoms with Crippen LogP contribution in [-0.4, -0.2) is 55.8 Å². The van der Waals surface area contributed by atoms with Gasteiger partial charge in [-0.3, -0.25) is 24.0 Å². The highest BCUT2D eigenvalue weighted by atomic mass is 79.9. The molecule has 3 aromatic rings. The van der Waals surface area contributed by atoms with Gasteiger partial charge < -0.3 is 15.0 Å². The van der Waals surface area contributed by atoms with E-state index >= 15 is 0 Å². The zero-order valence-electron chi connectivity index (χ0n) is 25.7. The number of halogens is 2. The van der Waals surface area contributed by atoms with E-state index in [-0.39, 0.29) is 40.5 Å². The number of methoxy groups -OCH3 is 1. The molecule has 0 saturated heterocycles. The van der Waals surface area contributed by atoms with Crippen molar-refractivity contribution in [2.24, 2.45) is 0 Å². The Morgan fingerprint density at radius 3 is 2.48 bits per heavy atom. The third-order valence-corrected chi connectivity index (χ3v) is 10.5. The highest BCUT2D eigenvalue weighted by molar-refractivity contribution is 9.10. The van der Waals surface area contributed by atoms with Gasteiger partial charge in [-0.1, -0.05) is 65.0 Å². The molecule has 1 N–H and O–H groups in total. The number of benzene rings is 3. The number of hydrogen-bond acceptors (Lipinski definition) is 7. The Morgan fingerprint density at radius 2 is 1.83 bits per heavy atom. The first kappa shape index (κ1) is 35.2. The van der Waals surface area contributed by atoms with Crippen LogP contribution in [0.4, 0.5) is 11.4 Å². The van der Waals surface area contributed by atoms with Gasteiger partial charge in [0.25, 0.3) is 15.7 Å². The number of sulfonamides is 1. The Hall–Kier alpha value is -3.68. The lowest BCUT2D eigenvalue weighted by Gasteiger charge is -2.33. The molecule has 0 bridgehead atoms. The summed E-state index contributed by atoms with van der Waals surface area (Å²) in [5.41, 5.74) is 0.539. The predicted molar refractivity (Wildman–Crippen MR) is 180 cm³/mol. The van der Waals surface area contributed by atoms with Crippen LogP contribution in [0.15, 0.2) is 70.0 Å². The van der Waals surface area contributed by atoms with Crippen molar-refractivity contribution < 1.29 is 27.7 Å². The molecule has 2 amide bonds. The quantitative estimate of drug-likeness (QED) is 0.168. The lowest BCUT2D eigenvalue weighted by Crippen LogP contribution is -2.53. The number of anilines is 1. The van der Waals surface area contributed by atoms with Gasteiger partial charge in [0.05, 0.1) is 22.6 Å². The first-order chi connectivity index (χ1) is 21.8. The highest BCUT2D eigenvalue weighted by Crippen LogP contribution is 2.36. The SMILES string of the molecule is COc1ccc(Cl)cc1N(CC(=O)N(Cc1cccc(Br)c1)C(C)C(=O)NC1CCCCC1)S(=O)(=O)c1ccc(C)c([N+](=O)[O-])c1. The van der Waals surface area contributed by atoms with Crippen molar-refractivity contribution >= 4 is 60.7 Å². The average molecular weight is 736 g/mol. The van der Waals surface area contributed by atoms with Crippen LogP contribution in [0.2, 0.25) is 5.02 Å². The number of rotatable bonds is 12. The molecule has 4 rings (SSSR count). The Balaban J connectivity index is 1.78. The Labute approximate surface area is 282 Å². The molecule has 3 aromatic carbocycles. The first-order valence-electron chi connectivity index (χ1n) is 14.8. The molecule has 1 saturated carbocycles. The van der Waals surface area contributed by atoms with E-state index in [1.807, 2.05) is 12.1 Å². The molecule has 11 nitrogen and oxygen atoms in total. The van der Waals surface area contributed by atoms with Crippen molar-refractivity contribution in [2.75, 3.05) is 18.0 Å². The van der Waals surface area contributed by atoms with Crippen LogP contribution in [0.5, 0.6) is 5.75 Å². The summed E-state index contributed by atoms with van der Waals surface area (Å²) in [5.74, 6) is -0.929. The zero-order valence-corrected chi connectivity index (χ0v) is 28.9. The van der Waals surface area contributed by atoms with Gasteiger partial charge in [0, 0.05) is 33.7 Å². The van der Waals surface area contributed by atoms with Gasteiger partial charge in [-0.25, -0.2) is 8.42 Å². The number of nitro benzene ring substituents is 1. The number of nitrogens with one attached hydrogen (secondary N) is 1. The molecule has 0 aliphatic heterocycles. The van der Waals surface area contributed by atoms with Crippen LogP contribution in [0.1, 0.15) is 50.2 Å². The second kappa shape index (κ2) is 15.3. The number of carbonyl (C=O) groups excluding carboxylic acids is 2. The molecule has 1 fully saturated rings. The van der Waals surface area contributed by atoms with Crippen LogP contribution in [0.25, 0.3) is 0 Å². The topological polar surface area (TPSA) is 139 Å². The standard InChI is InChI=1S/C32H36BrClN4O7S/c1-21-12-14-27(18-28(21)38(41)42)46(43,44)37(29-17-25(34)13-15-30(29)45-3)20-31(39)36(19-23-8-7-9-24(33)16-23)22(2)32(40)35-26-10-5-4-6-11-26/h7-9,12-18,22,26H,4-6,10-11,19-20H2,1-3H3,(H,35,40). The summed E-state index contributed by atoms with van der Waals surface area (Å²) in [6.45, 7) is 2.36. The fourth-order valence-electron chi connectivity index (χ4n) is 5.43. The minimum Gasteiger partial charge on any atom is -0.495 e. The van der Waals surface area contributed by atoms with Gasteiger partial charge in [-0.2, -0.15) is 0 Å². The van der Waals surface area contributed by atoms with E-state index in [1.54, 1.807) is 19.1 Å². The normalized spacial score (nSPS) is 14.3. The Bertz CT molecular complexity index is 1720. The van der Waals surface area contributed by atoms with E-state index < -0.39 is 44.0 Å². The van der Waals surface area contributed by atoms with Crippen molar-refractivity contribution in [3.63, 3.8) is 0 Å². The number of amides is 2. The molecule has 0 radical (unpaired) electrons. The molecule has 1 aliphatic rings. The molecule has 46 heavy (non-hydrogen) atoms. The van der Waals surface area contributed by atoms with Gasteiger partial charge in [-0.15, -0.1) is 0 Å². The van der Waals surface area contributed by atoms with Crippen LogP contribution < -0.4 is 14.4 Å². The highest BCUT2D eigenvalue weighted by Gasteiger charge is 2.35. The average Bonchev–Trinajstić information content (AvgIpc) is 3.02. The number of nitrogens with zero attached hydrogens (tertiary/aromatic N) is 3. The number of ether oxygens (including phenoxy) is 1. The van der Waals surface area contributed by atoms with Gasteiger partial charge in [-0.05, 0) is 68.7 Å². The molecular weight excluding hydrogens is 700 g/mol. The number of carbonyl (C=O) groups is 2. The summed E-state index contributed by atoms with van der Waals surface area (Å²) in [4.78, 5) is 39.8. The second-order valence-corrected chi connectivity index (χ2v) is 14.4. The summed E-state index contributed by atoms with van der Waals surface area (Å²) in [6, 6.07) is 14.1. The third kappa shape index (κ3) is 8.37. The summed E-state index contributed by atoms with van der Waals surface area (Å²) in [6.07, 6.45) is 4.82. The molecule has 1 aliphatic carbocycles. The maximum atomic E-state index is 14.3. The molecule has 14 heteroatoms. The molecule has 246 valence electrons. The van der Waals surface area contributed by atoms with Gasteiger partial charge in [0.1, 0.15) is 18.3 Å². The fraction of sp³-hybridized carbons (Fsp3) is 0.375. The molecule has 0 heterocycles. The monoisotopic (exact) mass is 734 g/mol. The predicted octanol–water partition coefficient (Wildman–Crippen LogP) is 6.39. The summed E-state index contributed by atoms with van der Waals surface area (Å²) >= 11 is 9.73. The van der Waals surface area contributed by atoms with E-state index in [1.165, 1.54) is 49.3 Å². The minimum atomic E-state index is -4.62. The van der Waals surface area contributed by atoms with Crippen LogP contribution >= 0.6 is 27.5 Å². The second-order valence-electron chi connectivity index (χ2n) is 11.2. The third-order valence-electron chi connectivity index (χ3n) is 8.01. The van der Waals surface area contributed by atoms with E-state index in [0.29, 0.717) is 5.56 Å². The van der Waals surface area contributed by atoms with Crippen molar-refractivity contribution in [3.05, 3.63) is 91.4 Å². The van der Waals surface area contributed by atoms with Crippen LogP contribution in [0.3, 0.4) is 0 Å². The van der Waals surface area contributed by atoms with Crippen LogP contribution in [-0.2, 0) is 26.2 Å². The maximum absolute atomic E-state index is 14.3. The number of nitro groups is 1. The molecule has 1 unspecified atom stereocenters. The Morgan fingerprint density at radius 1 is 1.11 bits per heavy atom. The summed E-state index contributed by atoms with van der Waals surface area (Å²) in [7, 11) is -3.28. The largest absolute Gasteiger partial charge is 0.495 e. The van der Waals surface area contributed by atoms with Gasteiger partial charge >= 0.3 is 0 Å². The van der Waals surface area contributed by atoms with Crippen molar-refractivity contribution in [2.45, 2.75) is 69.5 Å². The maximum Gasteiger partial charge on any atom is 0.273 e. The number of hydrogen-bond donors (Lipinski definition) is 1. The summed E-state index contributed by atoms with van der Waals surface area (Å²) in [5, 5.41) is 14.9. The molecule has 0 aromatic heterocycles. The lowest BCUT2D eigenvalue weighted by molar-refractivity contribution is -0.385. The van der Waals surface area contributed by atoms with E-state index in [2.05, 4.69) is 21.2 Å². The van der Waals surface area contributed by atoms with Crippen molar-refractivity contribution in [3.8, 4) is 5.75 Å². The van der Waals surface area contributed by atoms with Gasteiger partial charge in [0.15, 0.2) is 0 Å². The van der Waals surface area contributed by atoms with Crippen molar-refractivity contribution in [1.82, 2.24) is 10.2 Å². The Kier molecular flexibility index (Phi) is 11.7. The zero-order chi connectivity index (χ0) is 33.6. The van der Waals surface area contributed by atoms with Crippen molar-refractivity contribution in [1.29, 1.82) is 0 Å². The first-order valence-corrected chi connectivity index (χ1v) is 17.4. The summed E-state index contributed by atoms with van der Waals surface area (Å²) < 4.78 is 35.6. The number of aryl methyl sites for hydroxylation is 1. The van der Waals surface area contributed by atoms with Crippen LogP contribution in [0, 0.1) is 17.0 Å². The molecule has 1 atom stereocenters. The minimum absolute atomic E-state index is 0.00329. The molecule has 0 spiro atoms. The van der Waals surface area contributed by atoms with E-state index in [9.17, 15) is 28.1 Å². The lowest BCUT2D eigenvalue weighted by atomic mass is 9.95.